The minimum Gasteiger partial charge on any atom is -0.487 e. The summed E-state index contributed by atoms with van der Waals surface area (Å²) in [6, 6.07) is 7.86. The van der Waals surface area contributed by atoms with Crippen LogP contribution in [0.15, 0.2) is 24.3 Å². The van der Waals surface area contributed by atoms with Crippen LogP contribution in [0.2, 0.25) is 0 Å². The topological polar surface area (TPSA) is 58.6 Å². The van der Waals surface area contributed by atoms with Gasteiger partial charge in [0.1, 0.15) is 11.9 Å². The number of aliphatic hydroxyl groups is 1. The van der Waals surface area contributed by atoms with E-state index in [1.54, 1.807) is 0 Å². The SMILES string of the molecule is CC(=O)NCCCc1ccccc1OC(CO)C(C)C. The van der Waals surface area contributed by atoms with Gasteiger partial charge in [0.2, 0.25) is 5.91 Å². The van der Waals surface area contributed by atoms with Crippen molar-refractivity contribution >= 4 is 5.91 Å². The number of hydrogen-bond donors (Lipinski definition) is 2. The lowest BCUT2D eigenvalue weighted by atomic mass is 10.1. The van der Waals surface area contributed by atoms with Crippen LogP contribution in [0.25, 0.3) is 0 Å². The lowest BCUT2D eigenvalue weighted by molar-refractivity contribution is -0.118. The second-order valence-electron chi connectivity index (χ2n) is 5.28. The quantitative estimate of drug-likeness (QED) is 0.717. The second-order valence-corrected chi connectivity index (χ2v) is 5.28. The van der Waals surface area contributed by atoms with Crippen LogP contribution in [-0.2, 0) is 11.2 Å². The minimum atomic E-state index is -0.188. The van der Waals surface area contributed by atoms with Gasteiger partial charge in [-0.25, -0.2) is 0 Å². The normalized spacial score (nSPS) is 12.2. The third kappa shape index (κ3) is 5.61. The summed E-state index contributed by atoms with van der Waals surface area (Å²) < 4.78 is 5.90. The van der Waals surface area contributed by atoms with Crippen LogP contribution in [-0.4, -0.2) is 30.3 Å². The van der Waals surface area contributed by atoms with Crippen molar-refractivity contribution in [1.82, 2.24) is 5.32 Å². The van der Waals surface area contributed by atoms with Crippen LogP contribution in [0.3, 0.4) is 0 Å². The molecule has 1 aromatic rings. The van der Waals surface area contributed by atoms with Crippen molar-refractivity contribution in [2.45, 2.75) is 39.7 Å². The maximum absolute atomic E-state index is 10.8. The number of carbonyl (C=O) groups excluding carboxylic acids is 1. The molecule has 0 fully saturated rings. The predicted molar refractivity (Wildman–Crippen MR) is 79.8 cm³/mol. The van der Waals surface area contributed by atoms with E-state index < -0.39 is 0 Å². The zero-order chi connectivity index (χ0) is 15.0. The van der Waals surface area contributed by atoms with E-state index in [2.05, 4.69) is 5.32 Å². The molecule has 0 aliphatic heterocycles. The first-order valence-corrected chi connectivity index (χ1v) is 7.14. The third-order valence-corrected chi connectivity index (χ3v) is 3.17. The fraction of sp³-hybridized carbons (Fsp3) is 0.562. The van der Waals surface area contributed by atoms with E-state index in [1.807, 2.05) is 38.1 Å². The maximum Gasteiger partial charge on any atom is 0.216 e. The van der Waals surface area contributed by atoms with E-state index in [0.29, 0.717) is 6.54 Å². The lowest BCUT2D eigenvalue weighted by Gasteiger charge is -2.22. The third-order valence-electron chi connectivity index (χ3n) is 3.17. The molecule has 0 aliphatic rings. The number of hydrogen-bond acceptors (Lipinski definition) is 3. The monoisotopic (exact) mass is 279 g/mol. The molecule has 0 aromatic heterocycles. The number of amides is 1. The average Bonchev–Trinajstić information content (AvgIpc) is 2.41. The number of benzene rings is 1. The molecule has 1 aromatic carbocycles. The number of ether oxygens (including phenoxy) is 1. The van der Waals surface area contributed by atoms with E-state index in [4.69, 9.17) is 4.74 Å². The fourth-order valence-electron chi connectivity index (χ4n) is 1.92. The molecule has 0 radical (unpaired) electrons. The molecule has 0 bridgehead atoms. The molecule has 1 atom stereocenters. The summed E-state index contributed by atoms with van der Waals surface area (Å²) in [6.45, 7) is 6.25. The summed E-state index contributed by atoms with van der Waals surface area (Å²) >= 11 is 0. The van der Waals surface area contributed by atoms with Crippen molar-refractivity contribution in [2.24, 2.45) is 5.92 Å². The molecule has 2 N–H and O–H groups in total. The summed E-state index contributed by atoms with van der Waals surface area (Å²) in [4.78, 5) is 10.8. The van der Waals surface area contributed by atoms with E-state index in [9.17, 15) is 9.90 Å². The zero-order valence-electron chi connectivity index (χ0n) is 12.6. The molecule has 1 amide bonds. The number of para-hydroxylation sites is 1. The molecule has 1 unspecified atom stereocenters. The van der Waals surface area contributed by atoms with Gasteiger partial charge in [-0.05, 0) is 30.4 Å². The first kappa shape index (κ1) is 16.5. The van der Waals surface area contributed by atoms with Crippen molar-refractivity contribution in [3.8, 4) is 5.75 Å². The first-order valence-electron chi connectivity index (χ1n) is 7.14. The second kappa shape index (κ2) is 8.59. The van der Waals surface area contributed by atoms with Crippen molar-refractivity contribution < 1.29 is 14.6 Å². The molecule has 0 aliphatic carbocycles. The Morgan fingerprint density at radius 1 is 1.35 bits per heavy atom. The molecule has 1 rings (SSSR count). The largest absolute Gasteiger partial charge is 0.487 e. The molecule has 0 spiro atoms. The van der Waals surface area contributed by atoms with Crippen LogP contribution in [0, 0.1) is 5.92 Å². The van der Waals surface area contributed by atoms with Crippen LogP contribution < -0.4 is 10.1 Å². The number of nitrogens with one attached hydrogen (secondary N) is 1. The zero-order valence-corrected chi connectivity index (χ0v) is 12.6. The first-order chi connectivity index (χ1) is 9.54. The number of aryl methyl sites for hydroxylation is 1. The van der Waals surface area contributed by atoms with Crippen molar-refractivity contribution in [2.75, 3.05) is 13.2 Å². The standard InChI is InChI=1S/C16H25NO3/c1-12(2)16(11-18)20-15-9-5-4-7-14(15)8-6-10-17-13(3)19/h4-5,7,9,12,16,18H,6,8,10-11H2,1-3H3,(H,17,19). The average molecular weight is 279 g/mol. The number of rotatable bonds is 8. The Kier molecular flexibility index (Phi) is 7.09. The van der Waals surface area contributed by atoms with Crippen molar-refractivity contribution in [1.29, 1.82) is 0 Å². The molecule has 0 heterocycles. The Morgan fingerprint density at radius 2 is 2.05 bits per heavy atom. The fourth-order valence-corrected chi connectivity index (χ4v) is 1.92. The highest BCUT2D eigenvalue weighted by Crippen LogP contribution is 2.22. The molecule has 0 saturated heterocycles. The van der Waals surface area contributed by atoms with Gasteiger partial charge in [-0.1, -0.05) is 32.0 Å². The maximum atomic E-state index is 10.8. The highest BCUT2D eigenvalue weighted by atomic mass is 16.5. The van der Waals surface area contributed by atoms with Gasteiger partial charge in [-0.2, -0.15) is 0 Å². The van der Waals surface area contributed by atoms with E-state index in [-0.39, 0.29) is 24.5 Å². The highest BCUT2D eigenvalue weighted by Gasteiger charge is 2.15. The van der Waals surface area contributed by atoms with Gasteiger partial charge in [0.05, 0.1) is 6.61 Å². The van der Waals surface area contributed by atoms with Gasteiger partial charge >= 0.3 is 0 Å². The highest BCUT2D eigenvalue weighted by molar-refractivity contribution is 5.72. The van der Waals surface area contributed by atoms with Crippen LogP contribution in [0.4, 0.5) is 0 Å². The molecule has 4 nitrogen and oxygen atoms in total. The predicted octanol–water partition coefficient (Wildman–Crippen LogP) is 2.15. The summed E-state index contributed by atoms with van der Waals surface area (Å²) in [7, 11) is 0. The van der Waals surface area contributed by atoms with Crippen LogP contribution in [0.1, 0.15) is 32.8 Å². The van der Waals surface area contributed by atoms with Gasteiger partial charge in [0, 0.05) is 13.5 Å². The van der Waals surface area contributed by atoms with Gasteiger partial charge in [0.15, 0.2) is 0 Å². The van der Waals surface area contributed by atoms with Crippen molar-refractivity contribution in [3.05, 3.63) is 29.8 Å². The summed E-state index contributed by atoms with van der Waals surface area (Å²) in [5.41, 5.74) is 1.11. The Morgan fingerprint density at radius 3 is 2.65 bits per heavy atom. The Balaban J connectivity index is 2.60. The van der Waals surface area contributed by atoms with Crippen LogP contribution in [0.5, 0.6) is 5.75 Å². The molecule has 20 heavy (non-hydrogen) atoms. The van der Waals surface area contributed by atoms with E-state index >= 15 is 0 Å². The lowest BCUT2D eigenvalue weighted by Crippen LogP contribution is -2.27. The van der Waals surface area contributed by atoms with Gasteiger partial charge < -0.3 is 15.2 Å². The summed E-state index contributed by atoms with van der Waals surface area (Å²) in [6.07, 6.45) is 1.52. The van der Waals surface area contributed by atoms with Gasteiger partial charge in [0.25, 0.3) is 0 Å². The molecule has 4 heteroatoms. The molecular weight excluding hydrogens is 254 g/mol. The Hall–Kier alpha value is -1.55. The smallest absolute Gasteiger partial charge is 0.216 e. The van der Waals surface area contributed by atoms with E-state index in [1.165, 1.54) is 6.92 Å². The number of carbonyl (C=O) groups is 1. The minimum absolute atomic E-state index is 0.00492. The Bertz CT molecular complexity index is 418. The van der Waals surface area contributed by atoms with Crippen LogP contribution >= 0.6 is 0 Å². The van der Waals surface area contributed by atoms with Gasteiger partial charge in [-0.3, -0.25) is 4.79 Å². The molecule has 0 saturated carbocycles. The molecule has 112 valence electrons. The summed E-state index contributed by atoms with van der Waals surface area (Å²) in [5.74, 6) is 1.07. The van der Waals surface area contributed by atoms with Gasteiger partial charge in [-0.15, -0.1) is 0 Å². The Labute approximate surface area is 121 Å². The number of aliphatic hydroxyl groups excluding tert-OH is 1. The molecular formula is C16H25NO3. The van der Waals surface area contributed by atoms with Crippen molar-refractivity contribution in [3.63, 3.8) is 0 Å². The summed E-state index contributed by atoms with van der Waals surface area (Å²) in [5, 5.41) is 12.1. The van der Waals surface area contributed by atoms with E-state index in [0.717, 1.165) is 24.2 Å².